The van der Waals surface area contributed by atoms with E-state index in [9.17, 15) is 18.0 Å². The van der Waals surface area contributed by atoms with E-state index in [0.717, 1.165) is 31.6 Å². The molecule has 3 aromatic rings. The normalized spacial score (nSPS) is 13.8. The van der Waals surface area contributed by atoms with Gasteiger partial charge < -0.3 is 15.4 Å². The fourth-order valence-corrected chi connectivity index (χ4v) is 3.35. The van der Waals surface area contributed by atoms with E-state index in [-0.39, 0.29) is 16.7 Å². The molecule has 7 nitrogen and oxygen atoms in total. The predicted octanol–water partition coefficient (Wildman–Crippen LogP) is 5.79. The van der Waals surface area contributed by atoms with Crippen molar-refractivity contribution in [1.82, 2.24) is 14.9 Å². The number of halogens is 4. The topological polar surface area (TPSA) is 79.4 Å². The van der Waals surface area contributed by atoms with Gasteiger partial charge in [0, 0.05) is 24.0 Å². The quantitative estimate of drug-likeness (QED) is 0.439. The summed E-state index contributed by atoms with van der Waals surface area (Å²) in [7, 11) is 0. The molecule has 0 aliphatic carbocycles. The number of hydrogen-bond donors (Lipinski definition) is 2. The minimum absolute atomic E-state index is 0.0680. The van der Waals surface area contributed by atoms with Crippen LogP contribution in [0.5, 0.6) is 11.6 Å². The van der Waals surface area contributed by atoms with E-state index in [2.05, 4.69) is 20.6 Å². The maximum absolute atomic E-state index is 13.3. The lowest BCUT2D eigenvalue weighted by Crippen LogP contribution is -2.36. The highest BCUT2D eigenvalue weighted by Gasteiger charge is 2.31. The molecule has 1 aliphatic rings. The fourth-order valence-electron chi connectivity index (χ4n) is 3.21. The van der Waals surface area contributed by atoms with Crippen LogP contribution in [0, 0.1) is 0 Å². The van der Waals surface area contributed by atoms with Gasteiger partial charge in [-0.2, -0.15) is 13.2 Å². The van der Waals surface area contributed by atoms with Crippen molar-refractivity contribution in [2.45, 2.75) is 19.1 Å². The zero-order valence-corrected chi connectivity index (χ0v) is 18.0. The van der Waals surface area contributed by atoms with Crippen LogP contribution in [0.4, 0.5) is 29.3 Å². The van der Waals surface area contributed by atoms with Gasteiger partial charge >= 0.3 is 12.2 Å². The van der Waals surface area contributed by atoms with Crippen LogP contribution in [0.25, 0.3) is 0 Å². The van der Waals surface area contributed by atoms with Crippen molar-refractivity contribution in [2.75, 3.05) is 23.7 Å². The van der Waals surface area contributed by atoms with Crippen LogP contribution < -0.4 is 15.4 Å². The number of hydrogen-bond acceptors (Lipinski definition) is 5. The average Bonchev–Trinajstić information content (AvgIpc) is 2.71. The molecule has 0 radical (unpaired) electrons. The van der Waals surface area contributed by atoms with Crippen LogP contribution >= 0.6 is 11.6 Å². The Bertz CT molecular complexity index is 1140. The second kappa shape index (κ2) is 9.63. The summed E-state index contributed by atoms with van der Waals surface area (Å²) in [5, 5.41) is 5.30. The van der Waals surface area contributed by atoms with Gasteiger partial charge in [-0.3, -0.25) is 4.90 Å². The van der Waals surface area contributed by atoms with E-state index >= 15 is 0 Å². The molecule has 1 aromatic heterocycles. The molecule has 1 fully saturated rings. The van der Waals surface area contributed by atoms with Gasteiger partial charge in [-0.15, -0.1) is 0 Å². The second-order valence-corrected chi connectivity index (χ2v) is 7.82. The Morgan fingerprint density at radius 3 is 2.39 bits per heavy atom. The number of nitrogens with one attached hydrogen (secondary N) is 2. The zero-order chi connectivity index (χ0) is 23.4. The van der Waals surface area contributed by atoms with Crippen LogP contribution in [0.3, 0.4) is 0 Å². The molecular weight excluding hydrogens is 459 g/mol. The lowest BCUT2D eigenvalue weighted by atomic mass is 10.1. The van der Waals surface area contributed by atoms with Gasteiger partial charge in [0.25, 0.3) is 0 Å². The molecule has 2 N–H and O–H groups in total. The summed E-state index contributed by atoms with van der Waals surface area (Å²) < 4.78 is 45.5. The van der Waals surface area contributed by atoms with E-state index in [4.69, 9.17) is 16.3 Å². The molecule has 2 amide bonds. The monoisotopic (exact) mass is 477 g/mol. The minimum Gasteiger partial charge on any atom is -0.439 e. The van der Waals surface area contributed by atoms with Crippen molar-refractivity contribution in [2.24, 2.45) is 0 Å². The highest BCUT2D eigenvalue weighted by Crippen LogP contribution is 2.33. The van der Waals surface area contributed by atoms with Gasteiger partial charge in [0.05, 0.1) is 5.56 Å². The van der Waals surface area contributed by atoms with Crippen LogP contribution in [-0.4, -0.2) is 34.0 Å². The van der Waals surface area contributed by atoms with Crippen molar-refractivity contribution < 1.29 is 22.7 Å². The molecule has 2 aromatic carbocycles. The van der Waals surface area contributed by atoms with Crippen LogP contribution in [0.15, 0.2) is 54.9 Å². The van der Waals surface area contributed by atoms with Crippen molar-refractivity contribution >= 4 is 29.0 Å². The summed E-state index contributed by atoms with van der Waals surface area (Å²) in [6, 6.07) is 10.7. The first-order chi connectivity index (χ1) is 15.7. The van der Waals surface area contributed by atoms with Gasteiger partial charge in [0.1, 0.15) is 17.2 Å². The Morgan fingerprint density at radius 2 is 1.76 bits per heavy atom. The first kappa shape index (κ1) is 22.8. The van der Waals surface area contributed by atoms with Gasteiger partial charge in [-0.25, -0.2) is 14.8 Å². The third-order valence-corrected chi connectivity index (χ3v) is 5.08. The largest absolute Gasteiger partial charge is 0.439 e. The number of nitrogens with zero attached hydrogens (tertiary/aromatic N) is 3. The highest BCUT2D eigenvalue weighted by atomic mass is 35.5. The Morgan fingerprint density at radius 1 is 1.03 bits per heavy atom. The van der Waals surface area contributed by atoms with Crippen LogP contribution in [0.2, 0.25) is 5.15 Å². The van der Waals surface area contributed by atoms with Gasteiger partial charge in [0.2, 0.25) is 5.88 Å². The van der Waals surface area contributed by atoms with Crippen molar-refractivity contribution in [3.8, 4) is 11.6 Å². The Labute approximate surface area is 192 Å². The lowest BCUT2D eigenvalue weighted by Gasteiger charge is -2.31. The standard InChI is InChI=1S/C22H19ClF3N5O2/c23-19-11-20(28-13-27-19)33-18-4-2-16(3-5-18)29-21(32)30-17-9-14(12-31-6-1-7-31)8-15(10-17)22(24,25)26/h2-5,8-11,13H,1,6-7,12H2,(H2,29,30,32). The molecule has 1 saturated heterocycles. The molecule has 172 valence electrons. The second-order valence-electron chi connectivity index (χ2n) is 7.43. The number of anilines is 2. The van der Waals surface area contributed by atoms with Gasteiger partial charge in [0.15, 0.2) is 0 Å². The summed E-state index contributed by atoms with van der Waals surface area (Å²) in [4.78, 5) is 22.1. The summed E-state index contributed by atoms with van der Waals surface area (Å²) in [6.07, 6.45) is -2.22. The van der Waals surface area contributed by atoms with Crippen molar-refractivity contribution in [3.63, 3.8) is 0 Å². The van der Waals surface area contributed by atoms with Crippen molar-refractivity contribution in [1.29, 1.82) is 0 Å². The maximum Gasteiger partial charge on any atom is 0.416 e. The first-order valence-corrected chi connectivity index (χ1v) is 10.4. The number of likely N-dealkylation sites (tertiary alicyclic amines) is 1. The SMILES string of the molecule is O=C(Nc1ccc(Oc2cc(Cl)ncn2)cc1)Nc1cc(CN2CCC2)cc(C(F)(F)F)c1. The number of aromatic nitrogens is 2. The van der Waals surface area contributed by atoms with Crippen molar-refractivity contribution in [3.05, 3.63) is 71.1 Å². The summed E-state index contributed by atoms with van der Waals surface area (Å²) in [6.45, 7) is 2.10. The number of urea groups is 1. The minimum atomic E-state index is -4.51. The summed E-state index contributed by atoms with van der Waals surface area (Å²) in [5.41, 5.74) is 0.181. The average molecular weight is 478 g/mol. The zero-order valence-electron chi connectivity index (χ0n) is 17.2. The lowest BCUT2D eigenvalue weighted by molar-refractivity contribution is -0.137. The van der Waals surface area contributed by atoms with E-state index in [1.165, 1.54) is 12.4 Å². The Balaban J connectivity index is 1.41. The third-order valence-electron chi connectivity index (χ3n) is 4.88. The Kier molecular flexibility index (Phi) is 6.66. The fraction of sp³-hybridized carbons (Fsp3) is 0.227. The molecule has 11 heteroatoms. The summed E-state index contributed by atoms with van der Waals surface area (Å²) >= 11 is 5.79. The molecule has 33 heavy (non-hydrogen) atoms. The number of benzene rings is 2. The first-order valence-electron chi connectivity index (χ1n) is 10.0. The highest BCUT2D eigenvalue weighted by molar-refractivity contribution is 6.29. The third kappa shape index (κ3) is 6.33. The molecule has 4 rings (SSSR count). The molecule has 0 saturated carbocycles. The number of amides is 2. The predicted molar refractivity (Wildman–Crippen MR) is 118 cm³/mol. The number of carbonyl (C=O) groups excluding carboxylic acids is 1. The van der Waals surface area contributed by atoms with E-state index < -0.39 is 17.8 Å². The van der Waals surface area contributed by atoms with Crippen LogP contribution in [0.1, 0.15) is 17.5 Å². The van der Waals surface area contributed by atoms with Gasteiger partial charge in [-0.1, -0.05) is 11.6 Å². The molecule has 0 bridgehead atoms. The number of rotatable bonds is 6. The number of ether oxygens (including phenoxy) is 1. The maximum atomic E-state index is 13.3. The number of alkyl halides is 3. The molecule has 1 aliphatic heterocycles. The van der Waals surface area contributed by atoms with E-state index in [0.29, 0.717) is 23.5 Å². The molecule has 0 spiro atoms. The van der Waals surface area contributed by atoms with E-state index in [1.54, 1.807) is 30.3 Å². The molecule has 0 unspecified atom stereocenters. The molecule has 0 atom stereocenters. The van der Waals surface area contributed by atoms with Crippen LogP contribution in [-0.2, 0) is 12.7 Å². The summed E-state index contributed by atoms with van der Waals surface area (Å²) in [5.74, 6) is 0.705. The van der Waals surface area contributed by atoms with Gasteiger partial charge in [-0.05, 0) is 67.5 Å². The molecule has 2 heterocycles. The Hall–Kier alpha value is -3.37. The molecular formula is C22H19ClF3N5O2. The number of carbonyl (C=O) groups is 1. The smallest absolute Gasteiger partial charge is 0.416 e. The van der Waals surface area contributed by atoms with E-state index in [1.807, 2.05) is 4.90 Å².